The van der Waals surface area contributed by atoms with Crippen LogP contribution in [0.2, 0.25) is 0 Å². The predicted octanol–water partition coefficient (Wildman–Crippen LogP) is -0.109. The Morgan fingerprint density at radius 2 is 2.40 bits per heavy atom. The first kappa shape index (κ1) is 4.38. The smallest absolute Gasteiger partial charge is 0.182 e. The number of rotatable bonds is 1. The van der Waals surface area contributed by atoms with Crippen LogP contribution in [0.1, 0.15) is 0 Å². The van der Waals surface area contributed by atoms with Crippen molar-refractivity contribution < 1.29 is 0 Å². The summed E-state index contributed by atoms with van der Waals surface area (Å²) in [7, 11) is 0. The highest BCUT2D eigenvalue weighted by Crippen LogP contribution is 1.34. The number of nitriles is 1. The Kier molecular flexibility index (Phi) is 2.96. The van der Waals surface area contributed by atoms with E-state index in [0.717, 1.165) is 0 Å². The molecule has 0 aliphatic rings. The van der Waals surface area contributed by atoms with Gasteiger partial charge in [-0.1, -0.05) is 12.2 Å². The van der Waals surface area contributed by atoms with Gasteiger partial charge in [-0.2, -0.15) is 5.26 Å². The van der Waals surface area contributed by atoms with Gasteiger partial charge in [0.05, 0.1) is 0 Å². The summed E-state index contributed by atoms with van der Waals surface area (Å²) in [5.74, 6) is 0. The molecule has 0 heterocycles. The molecule has 0 aromatic rings. The van der Waals surface area contributed by atoms with Crippen molar-refractivity contribution in [3.63, 3.8) is 0 Å². The van der Waals surface area contributed by atoms with Gasteiger partial charge in [-0.3, -0.25) is 5.32 Å². The normalized spacial score (nSPS) is 4.60. The van der Waals surface area contributed by atoms with Gasteiger partial charge < -0.3 is 0 Å². The van der Waals surface area contributed by atoms with Crippen LogP contribution in [-0.4, -0.2) is 5.49 Å². The van der Waals surface area contributed by atoms with E-state index in [1.165, 1.54) is 0 Å². The quantitative estimate of drug-likeness (QED) is 0.274. The zero-order valence-electron chi connectivity index (χ0n) is 2.36. The van der Waals surface area contributed by atoms with Crippen LogP contribution in [0.5, 0.6) is 0 Å². The van der Waals surface area contributed by atoms with E-state index < -0.39 is 0 Å². The van der Waals surface area contributed by atoms with E-state index >= 15 is 0 Å². The molecule has 0 unspecified atom stereocenters. The molecule has 0 rings (SSSR count). The van der Waals surface area contributed by atoms with Crippen LogP contribution in [0.15, 0.2) is 0 Å². The fraction of sp³-hybridized carbons (Fsp3) is 0. The molecule has 1 N–H and O–H groups in total. The molecule has 0 aliphatic carbocycles. The SMILES string of the molecule is N#CN[C]=S. The average molecular weight is 85.1 g/mol. The third-order valence-electron chi connectivity index (χ3n) is 0.107. The molecule has 0 aromatic carbocycles. The molecule has 5 heavy (non-hydrogen) atoms. The Morgan fingerprint density at radius 1 is 1.80 bits per heavy atom. The first-order valence-electron chi connectivity index (χ1n) is 0.928. The Hall–Kier alpha value is -0.620. The minimum absolute atomic E-state index is 1.55. The Morgan fingerprint density at radius 3 is 2.40 bits per heavy atom. The van der Waals surface area contributed by atoms with E-state index in [4.69, 9.17) is 5.26 Å². The lowest BCUT2D eigenvalue weighted by Gasteiger charge is -1.61. The summed E-state index contributed by atoms with van der Waals surface area (Å²) >= 11 is 4.07. The van der Waals surface area contributed by atoms with Crippen molar-refractivity contribution in [3.8, 4) is 6.19 Å². The summed E-state index contributed by atoms with van der Waals surface area (Å²) in [5, 5.41) is 9.56. The van der Waals surface area contributed by atoms with Gasteiger partial charge in [0.2, 0.25) is 0 Å². The maximum absolute atomic E-state index is 7.58. The summed E-state index contributed by atoms with van der Waals surface area (Å²) in [6.45, 7) is 0. The van der Waals surface area contributed by atoms with Gasteiger partial charge in [0.25, 0.3) is 0 Å². The molecule has 0 bridgehead atoms. The third-order valence-corrected chi connectivity index (χ3v) is 0.209. The molecule has 0 spiro atoms. The van der Waals surface area contributed by atoms with Crippen molar-refractivity contribution in [2.75, 3.05) is 0 Å². The van der Waals surface area contributed by atoms with Gasteiger partial charge in [-0.15, -0.1) is 0 Å². The van der Waals surface area contributed by atoms with Crippen molar-refractivity contribution in [2.24, 2.45) is 0 Å². The van der Waals surface area contributed by atoms with Crippen molar-refractivity contribution in [1.29, 1.82) is 5.26 Å². The molecular weight excluding hydrogens is 84.1 g/mol. The second kappa shape index (κ2) is 3.38. The molecule has 3 heteroatoms. The Labute approximate surface area is 35.4 Å². The monoisotopic (exact) mass is 85.0 g/mol. The highest BCUT2D eigenvalue weighted by atomic mass is 32.1. The topological polar surface area (TPSA) is 35.8 Å². The molecule has 1 radical (unpaired) electrons. The van der Waals surface area contributed by atoms with Gasteiger partial charge in [0, 0.05) is 0 Å². The van der Waals surface area contributed by atoms with E-state index in [0.29, 0.717) is 0 Å². The second-order valence-corrected chi connectivity index (χ2v) is 0.543. The lowest BCUT2D eigenvalue weighted by molar-refractivity contribution is 1.32. The fourth-order valence-corrected chi connectivity index (χ4v) is 0.0685. The standard InChI is InChI=1S/C2HN2S/c3-1-4-2-5/h(H,4,5). The maximum Gasteiger partial charge on any atom is 0.182 e. The van der Waals surface area contributed by atoms with E-state index in [1.54, 1.807) is 6.19 Å². The summed E-state index contributed by atoms with van der Waals surface area (Å²) < 4.78 is 0. The number of hydrogen-bond acceptors (Lipinski definition) is 2. The van der Waals surface area contributed by atoms with Crippen molar-refractivity contribution in [2.45, 2.75) is 0 Å². The summed E-state index contributed by atoms with van der Waals surface area (Å²) in [4.78, 5) is 0. The lowest BCUT2D eigenvalue weighted by Crippen LogP contribution is -1.95. The van der Waals surface area contributed by atoms with E-state index in [9.17, 15) is 0 Å². The van der Waals surface area contributed by atoms with Crippen LogP contribution in [0.4, 0.5) is 0 Å². The molecule has 0 saturated carbocycles. The number of nitrogens with one attached hydrogen (secondary N) is 1. The molecule has 0 saturated heterocycles. The third kappa shape index (κ3) is 3.38. The van der Waals surface area contributed by atoms with Crippen LogP contribution in [-0.2, 0) is 0 Å². The molecule has 0 atom stereocenters. The summed E-state index contributed by atoms with van der Waals surface area (Å²) in [6.07, 6.45) is 1.55. The highest BCUT2D eigenvalue weighted by Gasteiger charge is 1.53. The maximum atomic E-state index is 7.58. The summed E-state index contributed by atoms with van der Waals surface area (Å²) in [6, 6.07) is 0. The number of nitrogens with zero attached hydrogens (tertiary/aromatic N) is 1. The van der Waals surface area contributed by atoms with Crippen LogP contribution in [0.25, 0.3) is 0 Å². The fourth-order valence-electron chi connectivity index (χ4n) is 0.0228. The van der Waals surface area contributed by atoms with Gasteiger partial charge in [0.15, 0.2) is 6.19 Å². The molecule has 25 valence electrons. The molecule has 0 aliphatic heterocycles. The molecule has 0 amide bonds. The van der Waals surface area contributed by atoms with Crippen LogP contribution in [0, 0.1) is 11.5 Å². The summed E-state index contributed by atoms with van der Waals surface area (Å²) in [5.41, 5.74) is 1.99. The van der Waals surface area contributed by atoms with Crippen LogP contribution in [0.3, 0.4) is 0 Å². The van der Waals surface area contributed by atoms with Crippen molar-refractivity contribution >= 4 is 17.7 Å². The van der Waals surface area contributed by atoms with Gasteiger partial charge in [-0.25, -0.2) is 0 Å². The van der Waals surface area contributed by atoms with E-state index in [-0.39, 0.29) is 0 Å². The van der Waals surface area contributed by atoms with Crippen molar-refractivity contribution in [1.82, 2.24) is 5.32 Å². The van der Waals surface area contributed by atoms with Gasteiger partial charge >= 0.3 is 0 Å². The first-order valence-corrected chi connectivity index (χ1v) is 1.34. The second-order valence-electron chi connectivity index (χ2n) is 0.339. The zero-order valence-corrected chi connectivity index (χ0v) is 3.17. The largest absolute Gasteiger partial charge is 0.281 e. The zero-order chi connectivity index (χ0) is 4.12. The van der Waals surface area contributed by atoms with E-state index in [1.807, 2.05) is 10.8 Å². The van der Waals surface area contributed by atoms with Crippen LogP contribution >= 0.6 is 12.2 Å². The van der Waals surface area contributed by atoms with Gasteiger partial charge in [-0.05, 0) is 0 Å². The number of hydrogen-bond donors (Lipinski definition) is 1. The van der Waals surface area contributed by atoms with E-state index in [2.05, 4.69) is 12.2 Å². The predicted molar refractivity (Wildman–Crippen MR) is 21.3 cm³/mol. The van der Waals surface area contributed by atoms with Gasteiger partial charge in [0.1, 0.15) is 5.49 Å². The molecular formula is C2HN2S. The van der Waals surface area contributed by atoms with Crippen LogP contribution < -0.4 is 5.32 Å². The lowest BCUT2D eigenvalue weighted by atomic mass is 11.2. The molecule has 0 aromatic heterocycles. The number of thiocarbonyl (C=S) groups is 1. The Balaban J connectivity index is 2.75. The first-order chi connectivity index (χ1) is 2.41. The molecule has 0 fully saturated rings. The minimum Gasteiger partial charge on any atom is -0.281 e. The highest BCUT2D eigenvalue weighted by molar-refractivity contribution is 7.78. The Bertz CT molecular complexity index is 62.5. The van der Waals surface area contributed by atoms with Crippen molar-refractivity contribution in [3.05, 3.63) is 0 Å². The minimum atomic E-state index is 1.55. The average Bonchev–Trinajstić information content (AvgIpc) is 1.41. The molecule has 2 nitrogen and oxygen atoms in total.